The SMILES string of the molecule is CCCCCCCCCCCCCCCCOCCOCCOCCOCCOCCOCCOCCOCCOCCOCCOCCN(C)C. The van der Waals surface area contributed by atoms with E-state index in [2.05, 4.69) is 11.8 Å². The number of rotatable bonds is 48. The molecule has 12 nitrogen and oxygen atoms in total. The standard InChI is InChI=1S/C40H83NO11/c1-4-5-6-7-8-9-10-11-12-13-14-15-16-17-19-42-21-23-44-25-27-46-29-31-48-33-35-50-37-39-52-40-38-51-36-34-49-32-30-47-28-26-45-24-22-43-20-18-41(2)3/h4-40H2,1-3H3. The molecule has 12 heteroatoms. The van der Waals surface area contributed by atoms with Gasteiger partial charge in [-0.1, -0.05) is 90.4 Å². The first-order chi connectivity index (χ1) is 25.8. The normalized spacial score (nSPS) is 11.8. The van der Waals surface area contributed by atoms with Crippen LogP contribution < -0.4 is 0 Å². The van der Waals surface area contributed by atoms with Crippen molar-refractivity contribution in [2.45, 2.75) is 96.8 Å². The van der Waals surface area contributed by atoms with Crippen molar-refractivity contribution >= 4 is 0 Å². The average molecular weight is 754 g/mol. The first-order valence-corrected chi connectivity index (χ1v) is 20.8. The molecule has 52 heavy (non-hydrogen) atoms. The van der Waals surface area contributed by atoms with Gasteiger partial charge in [-0.2, -0.15) is 0 Å². The van der Waals surface area contributed by atoms with Crippen molar-refractivity contribution in [3.05, 3.63) is 0 Å². The van der Waals surface area contributed by atoms with Gasteiger partial charge in [0.15, 0.2) is 0 Å². The summed E-state index contributed by atoms with van der Waals surface area (Å²) in [6.07, 6.45) is 19.3. The highest BCUT2D eigenvalue weighted by atomic mass is 16.6. The third kappa shape index (κ3) is 49.5. The average Bonchev–Trinajstić information content (AvgIpc) is 3.14. The van der Waals surface area contributed by atoms with Crippen molar-refractivity contribution in [1.29, 1.82) is 0 Å². The molecule has 0 fully saturated rings. The lowest BCUT2D eigenvalue weighted by atomic mass is 10.0. The van der Waals surface area contributed by atoms with E-state index < -0.39 is 0 Å². The molecule has 0 aromatic carbocycles. The Bertz CT molecular complexity index is 622. The number of unbranched alkanes of at least 4 members (excludes halogenated alkanes) is 13. The summed E-state index contributed by atoms with van der Waals surface area (Å²) in [6.45, 7) is 15.8. The fraction of sp³-hybridized carbons (Fsp3) is 1.00. The summed E-state index contributed by atoms with van der Waals surface area (Å²) in [7, 11) is 4.05. The minimum Gasteiger partial charge on any atom is -0.379 e. The Balaban J connectivity index is 3.05. The van der Waals surface area contributed by atoms with E-state index in [1.807, 2.05) is 14.1 Å². The minimum absolute atomic E-state index is 0.525. The summed E-state index contributed by atoms with van der Waals surface area (Å²) in [6, 6.07) is 0. The van der Waals surface area contributed by atoms with Crippen LogP contribution in [0.25, 0.3) is 0 Å². The summed E-state index contributed by atoms with van der Waals surface area (Å²) >= 11 is 0. The summed E-state index contributed by atoms with van der Waals surface area (Å²) in [5.74, 6) is 0. The van der Waals surface area contributed by atoms with Crippen LogP contribution in [0.15, 0.2) is 0 Å². The lowest BCUT2D eigenvalue weighted by Gasteiger charge is -2.10. The molecule has 0 saturated carbocycles. The number of hydrogen-bond acceptors (Lipinski definition) is 12. The molecule has 0 aliphatic rings. The molecule has 0 aromatic heterocycles. The molecule has 314 valence electrons. The first-order valence-electron chi connectivity index (χ1n) is 20.8. The van der Waals surface area contributed by atoms with Crippen molar-refractivity contribution in [2.75, 3.05) is 166 Å². The minimum atomic E-state index is 0.525. The van der Waals surface area contributed by atoms with Gasteiger partial charge >= 0.3 is 0 Å². The van der Waals surface area contributed by atoms with Gasteiger partial charge in [-0.15, -0.1) is 0 Å². The van der Waals surface area contributed by atoms with Crippen molar-refractivity contribution in [3.8, 4) is 0 Å². The Morgan fingerprint density at radius 3 is 0.654 bits per heavy atom. The number of nitrogens with zero attached hydrogens (tertiary/aromatic N) is 1. The molecule has 0 aromatic rings. The van der Waals surface area contributed by atoms with E-state index >= 15 is 0 Å². The van der Waals surface area contributed by atoms with Crippen LogP contribution in [0.1, 0.15) is 96.8 Å². The summed E-state index contributed by atoms with van der Waals surface area (Å²) in [5, 5.41) is 0. The number of likely N-dealkylation sites (N-methyl/N-ethyl adjacent to an activating group) is 1. The van der Waals surface area contributed by atoms with Gasteiger partial charge < -0.3 is 57.0 Å². The molecular weight excluding hydrogens is 670 g/mol. The van der Waals surface area contributed by atoms with Crippen molar-refractivity contribution in [2.24, 2.45) is 0 Å². The van der Waals surface area contributed by atoms with E-state index in [1.165, 1.54) is 83.5 Å². The van der Waals surface area contributed by atoms with E-state index in [0.29, 0.717) is 132 Å². The molecule has 0 rings (SSSR count). The van der Waals surface area contributed by atoms with E-state index in [-0.39, 0.29) is 0 Å². The summed E-state index contributed by atoms with van der Waals surface area (Å²) in [4.78, 5) is 2.09. The maximum atomic E-state index is 5.68. The molecule has 0 bridgehead atoms. The van der Waals surface area contributed by atoms with Gasteiger partial charge in [0.2, 0.25) is 0 Å². The molecule has 0 aliphatic heterocycles. The molecule has 0 atom stereocenters. The van der Waals surface area contributed by atoms with Crippen LogP contribution in [0.4, 0.5) is 0 Å². The lowest BCUT2D eigenvalue weighted by molar-refractivity contribution is -0.0276. The Hall–Kier alpha value is -0.480. The topological polar surface area (TPSA) is 105 Å². The zero-order valence-electron chi connectivity index (χ0n) is 34.1. The fourth-order valence-corrected chi connectivity index (χ4v) is 4.95. The monoisotopic (exact) mass is 754 g/mol. The highest BCUT2D eigenvalue weighted by Crippen LogP contribution is 2.13. The molecule has 0 amide bonds. The van der Waals surface area contributed by atoms with E-state index in [4.69, 9.17) is 52.1 Å². The third-order valence-electron chi connectivity index (χ3n) is 8.05. The zero-order valence-corrected chi connectivity index (χ0v) is 34.1. The quantitative estimate of drug-likeness (QED) is 0.0660. The molecule has 0 aliphatic carbocycles. The number of ether oxygens (including phenoxy) is 11. The second kappa shape index (κ2) is 48.5. The maximum absolute atomic E-state index is 5.68. The van der Waals surface area contributed by atoms with Crippen LogP contribution >= 0.6 is 0 Å². The molecule has 0 heterocycles. The predicted molar refractivity (Wildman–Crippen MR) is 208 cm³/mol. The Morgan fingerprint density at radius 1 is 0.231 bits per heavy atom. The van der Waals surface area contributed by atoms with Crippen LogP contribution in [0.5, 0.6) is 0 Å². The van der Waals surface area contributed by atoms with Crippen molar-refractivity contribution in [3.63, 3.8) is 0 Å². The second-order valence-electron chi connectivity index (χ2n) is 13.1. The number of hydrogen-bond donors (Lipinski definition) is 0. The fourth-order valence-electron chi connectivity index (χ4n) is 4.95. The van der Waals surface area contributed by atoms with Crippen LogP contribution in [0, 0.1) is 0 Å². The Labute approximate surface area is 319 Å². The third-order valence-corrected chi connectivity index (χ3v) is 8.05. The molecule has 0 spiro atoms. The highest BCUT2D eigenvalue weighted by molar-refractivity contribution is 4.49. The van der Waals surface area contributed by atoms with Crippen molar-refractivity contribution < 1.29 is 52.1 Å². The van der Waals surface area contributed by atoms with E-state index in [1.54, 1.807) is 0 Å². The molecule has 0 unspecified atom stereocenters. The lowest BCUT2D eigenvalue weighted by Crippen LogP contribution is -2.19. The summed E-state index contributed by atoms with van der Waals surface area (Å²) in [5.41, 5.74) is 0. The van der Waals surface area contributed by atoms with Crippen LogP contribution in [-0.4, -0.2) is 171 Å². The second-order valence-corrected chi connectivity index (χ2v) is 13.1. The van der Waals surface area contributed by atoms with E-state index in [0.717, 1.165) is 26.2 Å². The molecular formula is C40H83NO11. The Morgan fingerprint density at radius 2 is 0.423 bits per heavy atom. The highest BCUT2D eigenvalue weighted by Gasteiger charge is 1.98. The smallest absolute Gasteiger partial charge is 0.0701 e. The first kappa shape index (κ1) is 51.5. The maximum Gasteiger partial charge on any atom is 0.0701 e. The van der Waals surface area contributed by atoms with Crippen LogP contribution in [0.2, 0.25) is 0 Å². The van der Waals surface area contributed by atoms with Gasteiger partial charge in [-0.3, -0.25) is 0 Å². The van der Waals surface area contributed by atoms with Gasteiger partial charge in [0.25, 0.3) is 0 Å². The molecule has 0 saturated heterocycles. The largest absolute Gasteiger partial charge is 0.379 e. The Kier molecular flexibility index (Phi) is 48.1. The van der Waals surface area contributed by atoms with Gasteiger partial charge in [0, 0.05) is 13.2 Å². The van der Waals surface area contributed by atoms with E-state index in [9.17, 15) is 0 Å². The van der Waals surface area contributed by atoms with Gasteiger partial charge in [0.1, 0.15) is 0 Å². The van der Waals surface area contributed by atoms with Crippen molar-refractivity contribution in [1.82, 2.24) is 4.90 Å². The molecule has 0 radical (unpaired) electrons. The van der Waals surface area contributed by atoms with Crippen LogP contribution in [0.3, 0.4) is 0 Å². The zero-order chi connectivity index (χ0) is 37.5. The summed E-state index contributed by atoms with van der Waals surface area (Å²) < 4.78 is 60.7. The molecule has 0 N–H and O–H groups in total. The van der Waals surface area contributed by atoms with Crippen LogP contribution in [-0.2, 0) is 52.1 Å². The van der Waals surface area contributed by atoms with Gasteiger partial charge in [0.05, 0.1) is 139 Å². The predicted octanol–water partition coefficient (Wildman–Crippen LogP) is 6.21. The van der Waals surface area contributed by atoms with Gasteiger partial charge in [-0.05, 0) is 20.5 Å². The van der Waals surface area contributed by atoms with Gasteiger partial charge in [-0.25, -0.2) is 0 Å².